The number of carboxylic acids is 1. The molecule has 1 heterocycles. The van der Waals surface area contributed by atoms with E-state index in [0.29, 0.717) is 12.1 Å². The molecule has 0 bridgehead atoms. The summed E-state index contributed by atoms with van der Waals surface area (Å²) >= 11 is 11.8. The van der Waals surface area contributed by atoms with Gasteiger partial charge in [0.15, 0.2) is 0 Å². The molecule has 0 aliphatic rings. The summed E-state index contributed by atoms with van der Waals surface area (Å²) in [6.07, 6.45) is 0.470. The lowest BCUT2D eigenvalue weighted by molar-refractivity contribution is -0.142. The molecule has 0 fully saturated rings. The van der Waals surface area contributed by atoms with Crippen LogP contribution in [0.1, 0.15) is 37.7 Å². The van der Waals surface area contributed by atoms with Crippen LogP contribution in [0.5, 0.6) is 0 Å². The molecule has 0 saturated carbocycles. The van der Waals surface area contributed by atoms with Crippen LogP contribution in [-0.4, -0.2) is 28.1 Å². The van der Waals surface area contributed by atoms with Gasteiger partial charge in [-0.3, -0.25) is 9.59 Å². The van der Waals surface area contributed by atoms with Crippen molar-refractivity contribution in [3.8, 4) is 0 Å². The fourth-order valence-electron chi connectivity index (χ4n) is 2.05. The second-order valence-corrected chi connectivity index (χ2v) is 7.00. The number of hydrogen-bond donors (Lipinski definition) is 2. The standard InChI is InChI=1S/C14H20Cl2N2O3/c1-14(2,3)6-8(13(20)21)7-17-12(19)10-5-9(15)11(16)18(10)4/h5,8H,6-7H2,1-4H3,(H,17,19)(H,20,21). The monoisotopic (exact) mass is 334 g/mol. The van der Waals surface area contributed by atoms with Crippen molar-refractivity contribution in [2.45, 2.75) is 27.2 Å². The number of hydrogen-bond acceptors (Lipinski definition) is 2. The molecule has 0 aromatic carbocycles. The normalized spacial score (nSPS) is 13.0. The van der Waals surface area contributed by atoms with Crippen LogP contribution in [0.2, 0.25) is 10.2 Å². The summed E-state index contributed by atoms with van der Waals surface area (Å²) in [7, 11) is 1.62. The second kappa shape index (κ2) is 6.71. The minimum atomic E-state index is -0.923. The highest BCUT2D eigenvalue weighted by Gasteiger charge is 2.25. The molecule has 1 amide bonds. The number of aromatic nitrogens is 1. The van der Waals surface area contributed by atoms with Crippen molar-refractivity contribution in [2.24, 2.45) is 18.4 Å². The first-order valence-electron chi connectivity index (χ1n) is 6.54. The van der Waals surface area contributed by atoms with Crippen LogP contribution >= 0.6 is 23.2 Å². The summed E-state index contributed by atoms with van der Waals surface area (Å²) in [4.78, 5) is 23.3. The molecule has 0 aliphatic carbocycles. The maximum Gasteiger partial charge on any atom is 0.308 e. The average molecular weight is 335 g/mol. The van der Waals surface area contributed by atoms with Gasteiger partial charge in [-0.15, -0.1) is 0 Å². The number of amides is 1. The summed E-state index contributed by atoms with van der Waals surface area (Å²) in [6, 6.07) is 1.46. The van der Waals surface area contributed by atoms with Crippen molar-refractivity contribution in [1.82, 2.24) is 9.88 Å². The lowest BCUT2D eigenvalue weighted by Crippen LogP contribution is -2.35. The molecule has 0 saturated heterocycles. The van der Waals surface area contributed by atoms with Crippen molar-refractivity contribution in [3.05, 3.63) is 21.9 Å². The molecule has 2 N–H and O–H groups in total. The molecular weight excluding hydrogens is 315 g/mol. The van der Waals surface area contributed by atoms with Crippen LogP contribution in [0.15, 0.2) is 6.07 Å². The highest BCUT2D eigenvalue weighted by Crippen LogP contribution is 2.26. The van der Waals surface area contributed by atoms with Gasteiger partial charge in [-0.05, 0) is 17.9 Å². The molecule has 1 atom stereocenters. The highest BCUT2D eigenvalue weighted by atomic mass is 35.5. The van der Waals surface area contributed by atoms with E-state index in [-0.39, 0.29) is 22.1 Å². The van der Waals surface area contributed by atoms with Gasteiger partial charge in [-0.2, -0.15) is 0 Å². The van der Waals surface area contributed by atoms with Crippen molar-refractivity contribution >= 4 is 35.1 Å². The van der Waals surface area contributed by atoms with Crippen molar-refractivity contribution < 1.29 is 14.7 Å². The molecule has 1 aromatic rings. The van der Waals surface area contributed by atoms with Crippen molar-refractivity contribution in [1.29, 1.82) is 0 Å². The zero-order valence-electron chi connectivity index (χ0n) is 12.5. The molecule has 0 spiro atoms. The van der Waals surface area contributed by atoms with Gasteiger partial charge >= 0.3 is 5.97 Å². The topological polar surface area (TPSA) is 71.3 Å². The van der Waals surface area contributed by atoms with E-state index < -0.39 is 17.8 Å². The van der Waals surface area contributed by atoms with Crippen molar-refractivity contribution in [2.75, 3.05) is 6.54 Å². The smallest absolute Gasteiger partial charge is 0.308 e. The van der Waals surface area contributed by atoms with E-state index in [2.05, 4.69) is 5.32 Å². The Morgan fingerprint density at radius 3 is 2.33 bits per heavy atom. The number of halogens is 2. The van der Waals surface area contributed by atoms with Crippen LogP contribution in [0.4, 0.5) is 0 Å². The Labute approximate surface area is 134 Å². The first-order valence-corrected chi connectivity index (χ1v) is 7.30. The third-order valence-electron chi connectivity index (χ3n) is 3.07. The molecule has 1 aromatic heterocycles. The third kappa shape index (κ3) is 4.93. The second-order valence-electron chi connectivity index (χ2n) is 6.24. The van der Waals surface area contributed by atoms with E-state index in [1.807, 2.05) is 20.8 Å². The molecule has 0 aliphatic heterocycles. The SMILES string of the molecule is Cn1c(C(=O)NCC(CC(C)(C)C)C(=O)O)cc(Cl)c1Cl. The molecular formula is C14H20Cl2N2O3. The Morgan fingerprint density at radius 1 is 1.38 bits per heavy atom. The number of carbonyl (C=O) groups is 2. The van der Waals surface area contributed by atoms with E-state index >= 15 is 0 Å². The summed E-state index contributed by atoms with van der Waals surface area (Å²) < 4.78 is 1.46. The van der Waals surface area contributed by atoms with E-state index in [1.54, 1.807) is 7.05 Å². The van der Waals surface area contributed by atoms with Gasteiger partial charge in [0.2, 0.25) is 0 Å². The number of nitrogens with one attached hydrogen (secondary N) is 1. The van der Waals surface area contributed by atoms with Crippen LogP contribution in [-0.2, 0) is 11.8 Å². The number of carboxylic acid groups (broad SMARTS) is 1. The summed E-state index contributed by atoms with van der Waals surface area (Å²) in [5.74, 6) is -1.96. The lowest BCUT2D eigenvalue weighted by atomic mass is 9.84. The Kier molecular flexibility index (Phi) is 5.70. The summed E-state index contributed by atoms with van der Waals surface area (Å²) in [5.41, 5.74) is 0.163. The molecule has 7 heteroatoms. The fourth-order valence-corrected chi connectivity index (χ4v) is 2.43. The van der Waals surface area contributed by atoms with Crippen LogP contribution in [0, 0.1) is 11.3 Å². The van der Waals surface area contributed by atoms with Crippen molar-refractivity contribution in [3.63, 3.8) is 0 Å². The molecule has 21 heavy (non-hydrogen) atoms. The highest BCUT2D eigenvalue weighted by molar-refractivity contribution is 6.41. The zero-order valence-corrected chi connectivity index (χ0v) is 14.0. The van der Waals surface area contributed by atoms with E-state index in [9.17, 15) is 14.7 Å². The zero-order chi connectivity index (χ0) is 16.4. The predicted molar refractivity (Wildman–Crippen MR) is 83.0 cm³/mol. The average Bonchev–Trinajstić information content (AvgIpc) is 2.60. The van der Waals surface area contributed by atoms with E-state index in [4.69, 9.17) is 23.2 Å². The van der Waals surface area contributed by atoms with E-state index in [1.165, 1.54) is 10.6 Å². The Morgan fingerprint density at radius 2 is 1.95 bits per heavy atom. The van der Waals surface area contributed by atoms with Gasteiger partial charge in [0.25, 0.3) is 5.91 Å². The van der Waals surface area contributed by atoms with Gasteiger partial charge in [-0.1, -0.05) is 44.0 Å². The Hall–Kier alpha value is -1.20. The molecule has 0 radical (unpaired) electrons. The first kappa shape index (κ1) is 17.9. The predicted octanol–water partition coefficient (Wildman–Crippen LogP) is 3.20. The quantitative estimate of drug-likeness (QED) is 0.868. The molecule has 118 valence electrons. The number of aliphatic carboxylic acids is 1. The largest absolute Gasteiger partial charge is 0.481 e. The van der Waals surface area contributed by atoms with Gasteiger partial charge in [0.1, 0.15) is 10.8 Å². The molecule has 1 rings (SSSR count). The number of rotatable bonds is 5. The van der Waals surface area contributed by atoms with Gasteiger partial charge in [-0.25, -0.2) is 0 Å². The maximum absolute atomic E-state index is 12.1. The fraction of sp³-hybridized carbons (Fsp3) is 0.571. The molecule has 5 nitrogen and oxygen atoms in total. The lowest BCUT2D eigenvalue weighted by Gasteiger charge is -2.23. The van der Waals surface area contributed by atoms with E-state index in [0.717, 1.165) is 0 Å². The summed E-state index contributed by atoms with van der Waals surface area (Å²) in [6.45, 7) is 5.94. The minimum Gasteiger partial charge on any atom is -0.481 e. The van der Waals surface area contributed by atoms with Gasteiger partial charge in [0.05, 0.1) is 10.9 Å². The Bertz CT molecular complexity index is 547. The maximum atomic E-state index is 12.1. The third-order valence-corrected chi connectivity index (χ3v) is 3.91. The van der Waals surface area contributed by atoms with Crippen LogP contribution < -0.4 is 5.32 Å². The first-order chi connectivity index (χ1) is 9.53. The van der Waals surface area contributed by atoms with Gasteiger partial charge in [0, 0.05) is 13.6 Å². The minimum absolute atomic E-state index is 0.0614. The van der Waals surface area contributed by atoms with Gasteiger partial charge < -0.3 is 15.0 Å². The van der Waals surface area contributed by atoms with Crippen LogP contribution in [0.25, 0.3) is 0 Å². The number of nitrogens with zero attached hydrogens (tertiary/aromatic N) is 1. The van der Waals surface area contributed by atoms with Crippen LogP contribution in [0.3, 0.4) is 0 Å². The Balaban J connectivity index is 2.74. The number of carbonyl (C=O) groups excluding carboxylic acids is 1. The molecule has 1 unspecified atom stereocenters. The summed E-state index contributed by atoms with van der Waals surface area (Å²) in [5, 5.41) is 12.4.